The summed E-state index contributed by atoms with van der Waals surface area (Å²) in [6.45, 7) is 12.4. The molecule has 14 heteroatoms. The van der Waals surface area contributed by atoms with Gasteiger partial charge in [0.05, 0.1) is 14.7 Å². The first kappa shape index (κ1) is 42.3. The van der Waals surface area contributed by atoms with Gasteiger partial charge in [0.2, 0.25) is 0 Å². The molecule has 3 aromatic carbocycles. The molecule has 3 rings (SSSR count). The first-order valence-electron chi connectivity index (χ1n) is 13.8. The molecule has 0 aliphatic rings. The molecule has 0 fully saturated rings. The van der Waals surface area contributed by atoms with Crippen molar-refractivity contribution in [2.24, 2.45) is 5.90 Å². The molecule has 0 saturated heterocycles. The molecule has 44 heavy (non-hydrogen) atoms. The van der Waals surface area contributed by atoms with E-state index in [4.69, 9.17) is 4.55 Å². The summed E-state index contributed by atoms with van der Waals surface area (Å²) >= 11 is 0. The number of hydrogen-bond acceptors (Lipinski definition) is 9. The van der Waals surface area contributed by atoms with Gasteiger partial charge in [0.25, 0.3) is 10.1 Å². The van der Waals surface area contributed by atoms with E-state index >= 15 is 0 Å². The van der Waals surface area contributed by atoms with E-state index in [0.717, 1.165) is 36.0 Å². The van der Waals surface area contributed by atoms with Crippen LogP contribution in [0.3, 0.4) is 0 Å². The van der Waals surface area contributed by atoms with Crippen molar-refractivity contribution in [2.75, 3.05) is 0 Å². The van der Waals surface area contributed by atoms with Gasteiger partial charge in [-0.05, 0) is 90.1 Å². The van der Waals surface area contributed by atoms with Crippen LogP contribution >= 0.6 is 0 Å². The third-order valence-electron chi connectivity index (χ3n) is 7.19. The summed E-state index contributed by atoms with van der Waals surface area (Å²) in [5, 5.41) is 0. The minimum atomic E-state index is -4.30. The summed E-state index contributed by atoms with van der Waals surface area (Å²) < 4.78 is 88.4. The van der Waals surface area contributed by atoms with Crippen LogP contribution in [0.1, 0.15) is 95.2 Å². The van der Waals surface area contributed by atoms with E-state index in [-0.39, 0.29) is 44.2 Å². The molecule has 0 aromatic heterocycles. The van der Waals surface area contributed by atoms with E-state index in [1.165, 1.54) is 36.4 Å². The Morgan fingerprint density at radius 2 is 0.886 bits per heavy atom. The molecular weight excluding hydrogens is 638 g/mol. The van der Waals surface area contributed by atoms with Crippen molar-refractivity contribution in [3.8, 4) is 0 Å². The second kappa shape index (κ2) is 19.1. The summed E-state index contributed by atoms with van der Waals surface area (Å²) in [5.74, 6) is 5.89. The largest absolute Gasteiger partial charge is 1.00 e. The number of rotatable bonds is 10. The van der Waals surface area contributed by atoms with E-state index in [1.54, 1.807) is 36.4 Å². The number of benzene rings is 3. The maximum Gasteiger partial charge on any atom is 1.00 e. The molecule has 240 valence electrons. The van der Waals surface area contributed by atoms with Gasteiger partial charge in [-0.1, -0.05) is 77.9 Å². The second-order valence-corrected chi connectivity index (χ2v) is 14.5. The van der Waals surface area contributed by atoms with Gasteiger partial charge in [-0.3, -0.25) is 4.55 Å². The quantitative estimate of drug-likeness (QED) is 0.183. The maximum absolute atomic E-state index is 11.2. The Kier molecular flexibility index (Phi) is 18.4. The van der Waals surface area contributed by atoms with Gasteiger partial charge >= 0.3 is 39.7 Å². The molecule has 3 unspecified atom stereocenters. The molecule has 0 amide bonds. The van der Waals surface area contributed by atoms with Crippen LogP contribution in [-0.4, -0.2) is 34.4 Å². The van der Waals surface area contributed by atoms with Gasteiger partial charge in [0, 0.05) is 0 Å². The van der Waals surface area contributed by atoms with Crippen LogP contribution in [0.4, 0.5) is 0 Å². The van der Waals surface area contributed by atoms with Gasteiger partial charge in [0.15, 0.2) is 0 Å². The van der Waals surface area contributed by atoms with E-state index in [1.807, 2.05) is 0 Å². The predicted octanol–water partition coefficient (Wildman–Crippen LogP) is 3.33. The van der Waals surface area contributed by atoms with Crippen molar-refractivity contribution in [1.82, 2.24) is 0 Å². The maximum atomic E-state index is 11.2. The number of hydrogen-bond donors (Lipinski definition) is 2. The van der Waals surface area contributed by atoms with Gasteiger partial charge in [0.1, 0.15) is 10.1 Å². The minimum absolute atomic E-state index is 0. The Labute approximate surface area is 285 Å². The minimum Gasteiger partial charge on any atom is -0.744 e. The zero-order chi connectivity index (χ0) is 33.0. The van der Waals surface area contributed by atoms with Crippen molar-refractivity contribution in [1.29, 1.82) is 0 Å². The van der Waals surface area contributed by atoms with E-state index < -0.39 is 30.4 Å². The molecule has 0 saturated carbocycles. The van der Waals surface area contributed by atoms with Gasteiger partial charge in [-0.15, -0.1) is 0 Å². The molecule has 3 atom stereocenters. The van der Waals surface area contributed by atoms with Crippen LogP contribution in [0.5, 0.6) is 0 Å². The molecular formula is C30H42NNaO9S3. The molecule has 0 radical (unpaired) electrons. The first-order chi connectivity index (χ1) is 19.9. The molecule has 0 spiro atoms. The fourth-order valence-electron chi connectivity index (χ4n) is 3.66. The normalized spacial score (nSPS) is 13.6. The first-order valence-corrected chi connectivity index (χ1v) is 18.0. The topological polar surface area (TPSA) is 181 Å². The number of nitrogens with two attached hydrogens (primary N) is 1. The van der Waals surface area contributed by atoms with Gasteiger partial charge < -0.3 is 4.55 Å². The average molecular weight is 680 g/mol. The van der Waals surface area contributed by atoms with Crippen molar-refractivity contribution in [3.05, 3.63) is 89.5 Å². The van der Waals surface area contributed by atoms with Gasteiger partial charge in [-0.25, -0.2) is 8.42 Å². The van der Waals surface area contributed by atoms with Gasteiger partial charge in [-0.2, -0.15) is 27.0 Å². The Bertz CT molecular complexity index is 1510. The summed E-state index contributed by atoms with van der Waals surface area (Å²) in [6.07, 6.45) is 3.01. The molecule has 0 aliphatic carbocycles. The van der Waals surface area contributed by atoms with E-state index in [2.05, 4.69) is 51.7 Å². The average Bonchev–Trinajstić information content (AvgIpc) is 2.99. The predicted molar refractivity (Wildman–Crippen MR) is 166 cm³/mol. The van der Waals surface area contributed by atoms with Crippen LogP contribution in [0.25, 0.3) is 0 Å². The van der Waals surface area contributed by atoms with Crippen LogP contribution in [-0.2, 0) is 34.6 Å². The Balaban J connectivity index is 0.000000624. The summed E-state index contributed by atoms with van der Waals surface area (Å²) in [4.78, 5) is -0.133. The fourth-order valence-corrected chi connectivity index (χ4v) is 5.19. The third kappa shape index (κ3) is 13.8. The van der Waals surface area contributed by atoms with E-state index in [9.17, 15) is 29.8 Å². The zero-order valence-electron chi connectivity index (χ0n) is 26.3. The van der Waals surface area contributed by atoms with Crippen molar-refractivity contribution >= 4 is 30.4 Å². The Morgan fingerprint density at radius 3 is 1.11 bits per heavy atom. The Morgan fingerprint density at radius 1 is 0.614 bits per heavy atom. The summed E-state index contributed by atoms with van der Waals surface area (Å²) in [6, 6.07) is 19.0. The zero-order valence-corrected chi connectivity index (χ0v) is 30.7. The SMILES string of the molecule is CCC(C)c1ccc(S(=O)(=O)O)cc1.CCC(C)c1ccc(S(=O)(=O)ON)cc1.CCC(C)c1ccc(S(=O)(=O)[O-])cc1.[Na+]. The molecule has 0 bridgehead atoms. The smallest absolute Gasteiger partial charge is 0.744 e. The van der Waals surface area contributed by atoms with Crippen LogP contribution in [0.15, 0.2) is 87.5 Å². The van der Waals surface area contributed by atoms with Crippen LogP contribution in [0.2, 0.25) is 0 Å². The third-order valence-corrected chi connectivity index (χ3v) is 10.0. The van der Waals surface area contributed by atoms with Crippen molar-refractivity contribution < 1.29 is 68.2 Å². The Hall–Kier alpha value is -1.65. The monoisotopic (exact) mass is 679 g/mol. The van der Waals surface area contributed by atoms with Crippen molar-refractivity contribution in [2.45, 2.75) is 93.2 Å². The molecule has 10 nitrogen and oxygen atoms in total. The molecule has 0 aliphatic heterocycles. The van der Waals surface area contributed by atoms with Crippen molar-refractivity contribution in [3.63, 3.8) is 0 Å². The standard InChI is InChI=1S/C10H15NO3S.2C10H14O3S.Na/c1-3-8(2)9-4-6-10(7-5-9)15(12,13)14-11;2*1-3-8(2)9-4-6-10(7-5-9)14(11,12)13;/h4-8H,3,11H2,1-2H3;2*4-8H,3H2,1-2H3,(H,11,12,13);/q;;;+1/p-1. The van der Waals surface area contributed by atoms with E-state index in [0.29, 0.717) is 17.8 Å². The summed E-state index contributed by atoms with van der Waals surface area (Å²) in [7, 11) is -12.1. The molecule has 3 N–H and O–H groups in total. The summed E-state index contributed by atoms with van der Waals surface area (Å²) in [5.41, 5.74) is 3.24. The van der Waals surface area contributed by atoms with Crippen LogP contribution < -0.4 is 35.5 Å². The fraction of sp³-hybridized carbons (Fsp3) is 0.400. The molecule has 0 heterocycles. The van der Waals surface area contributed by atoms with Crippen LogP contribution in [0, 0.1) is 0 Å². The molecule has 3 aromatic rings. The second-order valence-electron chi connectivity index (χ2n) is 10.1.